The minimum Gasteiger partial charge on any atom is -0.395 e. The zero-order valence-corrected chi connectivity index (χ0v) is 10.2. The maximum absolute atomic E-state index is 13.3. The number of fused-ring (bicyclic) bond motifs is 1. The van der Waals surface area contributed by atoms with E-state index in [0.29, 0.717) is 6.04 Å². The average Bonchev–Trinajstić information content (AvgIpc) is 2.66. The van der Waals surface area contributed by atoms with Gasteiger partial charge in [0.2, 0.25) is 0 Å². The van der Waals surface area contributed by atoms with Crippen LogP contribution in [0.25, 0.3) is 0 Å². The zero-order chi connectivity index (χ0) is 12.6. The van der Waals surface area contributed by atoms with Gasteiger partial charge in [-0.1, -0.05) is 0 Å². The van der Waals surface area contributed by atoms with Crippen LogP contribution in [0, 0.1) is 5.82 Å². The number of nitrogens with zero attached hydrogens (tertiary/aromatic N) is 1. The molecule has 94 valence electrons. The Labute approximate surface area is 101 Å². The van der Waals surface area contributed by atoms with Crippen LogP contribution in [0.3, 0.4) is 0 Å². The minimum atomic E-state index is -0.334. The predicted octanol–water partition coefficient (Wildman–Crippen LogP) is 1.46. The van der Waals surface area contributed by atoms with E-state index in [-0.39, 0.29) is 24.4 Å². The van der Waals surface area contributed by atoms with Gasteiger partial charge in [-0.2, -0.15) is 0 Å². The average molecular weight is 238 g/mol. The highest BCUT2D eigenvalue weighted by molar-refractivity contribution is 5.61. The minimum absolute atomic E-state index is 0.00750. The molecule has 0 amide bonds. The molecule has 0 aromatic heterocycles. The van der Waals surface area contributed by atoms with E-state index < -0.39 is 0 Å². The van der Waals surface area contributed by atoms with Crippen molar-refractivity contribution < 1.29 is 9.50 Å². The van der Waals surface area contributed by atoms with Crippen LogP contribution in [0.15, 0.2) is 18.2 Å². The second-order valence-electron chi connectivity index (χ2n) is 4.90. The number of rotatable bonds is 3. The summed E-state index contributed by atoms with van der Waals surface area (Å²) >= 11 is 0. The monoisotopic (exact) mass is 238 g/mol. The Morgan fingerprint density at radius 3 is 2.82 bits per heavy atom. The molecule has 1 aromatic carbocycles. The molecule has 2 atom stereocenters. The molecule has 0 radical (unpaired) electrons. The van der Waals surface area contributed by atoms with E-state index in [9.17, 15) is 9.50 Å². The third-order valence-corrected chi connectivity index (χ3v) is 3.44. The van der Waals surface area contributed by atoms with E-state index in [0.717, 1.165) is 17.8 Å². The van der Waals surface area contributed by atoms with Crippen molar-refractivity contribution in [1.29, 1.82) is 0 Å². The second kappa shape index (κ2) is 4.63. The van der Waals surface area contributed by atoms with E-state index in [1.807, 2.05) is 0 Å². The van der Waals surface area contributed by atoms with Crippen LogP contribution in [0.1, 0.15) is 25.3 Å². The lowest BCUT2D eigenvalue weighted by atomic mass is 9.94. The molecule has 4 heteroatoms. The molecule has 3 nitrogen and oxygen atoms in total. The molecule has 1 aliphatic rings. The lowest BCUT2D eigenvalue weighted by Crippen LogP contribution is -2.37. The SMILES string of the molecule is CC(C)N1CC(C(N)CO)c2cc(F)ccc21. The molecule has 1 heterocycles. The summed E-state index contributed by atoms with van der Waals surface area (Å²) in [5.74, 6) is -0.238. The summed E-state index contributed by atoms with van der Waals surface area (Å²) in [7, 11) is 0. The molecule has 1 aliphatic heterocycles. The van der Waals surface area contributed by atoms with Crippen LogP contribution in [0.5, 0.6) is 0 Å². The van der Waals surface area contributed by atoms with Gasteiger partial charge in [-0.05, 0) is 37.6 Å². The first-order chi connectivity index (χ1) is 8.04. The topological polar surface area (TPSA) is 49.5 Å². The molecule has 0 saturated carbocycles. The van der Waals surface area contributed by atoms with Gasteiger partial charge < -0.3 is 15.7 Å². The van der Waals surface area contributed by atoms with Gasteiger partial charge in [0.05, 0.1) is 6.61 Å². The zero-order valence-electron chi connectivity index (χ0n) is 10.2. The Morgan fingerprint density at radius 2 is 2.24 bits per heavy atom. The van der Waals surface area contributed by atoms with Crippen LogP contribution in [0.4, 0.5) is 10.1 Å². The molecule has 3 N–H and O–H groups in total. The predicted molar refractivity (Wildman–Crippen MR) is 66.7 cm³/mol. The molecular formula is C13H19FN2O. The van der Waals surface area contributed by atoms with Gasteiger partial charge in [0, 0.05) is 30.2 Å². The van der Waals surface area contributed by atoms with Gasteiger partial charge in [0.15, 0.2) is 0 Å². The lowest BCUT2D eigenvalue weighted by molar-refractivity contribution is 0.251. The largest absolute Gasteiger partial charge is 0.395 e. The molecular weight excluding hydrogens is 219 g/mol. The Hall–Kier alpha value is -1.13. The van der Waals surface area contributed by atoms with Gasteiger partial charge in [-0.3, -0.25) is 0 Å². The molecule has 1 aromatic rings. The number of hydrogen-bond acceptors (Lipinski definition) is 3. The molecule has 0 fully saturated rings. The fourth-order valence-corrected chi connectivity index (χ4v) is 2.47. The molecule has 0 saturated heterocycles. The molecule has 0 aliphatic carbocycles. The van der Waals surface area contributed by atoms with Crippen LogP contribution >= 0.6 is 0 Å². The highest BCUT2D eigenvalue weighted by Crippen LogP contribution is 2.39. The number of benzene rings is 1. The molecule has 2 unspecified atom stereocenters. The first-order valence-corrected chi connectivity index (χ1v) is 5.97. The van der Waals surface area contributed by atoms with E-state index in [1.54, 1.807) is 6.07 Å². The van der Waals surface area contributed by atoms with E-state index in [4.69, 9.17) is 5.73 Å². The summed E-state index contributed by atoms with van der Waals surface area (Å²) in [5.41, 5.74) is 7.86. The number of anilines is 1. The number of halogens is 1. The Morgan fingerprint density at radius 1 is 1.53 bits per heavy atom. The number of aliphatic hydroxyl groups is 1. The van der Waals surface area contributed by atoms with E-state index in [1.165, 1.54) is 12.1 Å². The maximum Gasteiger partial charge on any atom is 0.123 e. The van der Waals surface area contributed by atoms with Crippen LogP contribution in [-0.2, 0) is 0 Å². The maximum atomic E-state index is 13.3. The summed E-state index contributed by atoms with van der Waals surface area (Å²) in [6, 6.07) is 4.82. The van der Waals surface area contributed by atoms with Gasteiger partial charge >= 0.3 is 0 Å². The van der Waals surface area contributed by atoms with Crippen LogP contribution in [-0.4, -0.2) is 30.3 Å². The quantitative estimate of drug-likeness (QED) is 0.838. The standard InChI is InChI=1S/C13H19FN2O/c1-8(2)16-6-11(12(15)7-17)10-5-9(14)3-4-13(10)16/h3-5,8,11-12,17H,6-7,15H2,1-2H3. The van der Waals surface area contributed by atoms with Gasteiger partial charge in [0.25, 0.3) is 0 Å². The van der Waals surface area contributed by atoms with Crippen molar-refractivity contribution in [2.45, 2.75) is 31.8 Å². The van der Waals surface area contributed by atoms with E-state index in [2.05, 4.69) is 18.7 Å². The van der Waals surface area contributed by atoms with Crippen molar-refractivity contribution in [1.82, 2.24) is 0 Å². The normalized spacial score (nSPS) is 20.8. The Balaban J connectivity index is 2.41. The Bertz CT molecular complexity index is 408. The molecule has 2 rings (SSSR count). The summed E-state index contributed by atoms with van der Waals surface area (Å²) in [4.78, 5) is 2.20. The van der Waals surface area contributed by atoms with Crippen LogP contribution < -0.4 is 10.6 Å². The molecule has 0 spiro atoms. The van der Waals surface area contributed by atoms with Gasteiger partial charge in [-0.25, -0.2) is 4.39 Å². The van der Waals surface area contributed by atoms with Crippen molar-refractivity contribution in [3.8, 4) is 0 Å². The van der Waals surface area contributed by atoms with Crippen molar-refractivity contribution in [3.05, 3.63) is 29.6 Å². The lowest BCUT2D eigenvalue weighted by Gasteiger charge is -2.25. The fourth-order valence-electron chi connectivity index (χ4n) is 2.47. The highest BCUT2D eigenvalue weighted by atomic mass is 19.1. The number of aliphatic hydroxyl groups excluding tert-OH is 1. The highest BCUT2D eigenvalue weighted by Gasteiger charge is 2.33. The van der Waals surface area contributed by atoms with Crippen LogP contribution in [0.2, 0.25) is 0 Å². The first kappa shape index (κ1) is 12.3. The third-order valence-electron chi connectivity index (χ3n) is 3.44. The third kappa shape index (κ3) is 2.15. The smallest absolute Gasteiger partial charge is 0.123 e. The number of nitrogens with two attached hydrogens (primary N) is 1. The summed E-state index contributed by atoms with van der Waals surface area (Å²) in [6.45, 7) is 4.87. The number of hydrogen-bond donors (Lipinski definition) is 2. The van der Waals surface area contributed by atoms with Gasteiger partial charge in [-0.15, -0.1) is 0 Å². The molecule has 0 bridgehead atoms. The van der Waals surface area contributed by atoms with Crippen molar-refractivity contribution in [2.24, 2.45) is 5.73 Å². The fraction of sp³-hybridized carbons (Fsp3) is 0.538. The second-order valence-corrected chi connectivity index (χ2v) is 4.90. The van der Waals surface area contributed by atoms with Crippen molar-refractivity contribution >= 4 is 5.69 Å². The van der Waals surface area contributed by atoms with Gasteiger partial charge in [0.1, 0.15) is 5.82 Å². The van der Waals surface area contributed by atoms with Crippen molar-refractivity contribution in [2.75, 3.05) is 18.1 Å². The summed E-state index contributed by atoms with van der Waals surface area (Å²) in [6.07, 6.45) is 0. The summed E-state index contributed by atoms with van der Waals surface area (Å²) in [5, 5.41) is 9.18. The molecule has 17 heavy (non-hydrogen) atoms. The summed E-state index contributed by atoms with van der Waals surface area (Å²) < 4.78 is 13.3. The van der Waals surface area contributed by atoms with Crippen molar-refractivity contribution in [3.63, 3.8) is 0 Å². The van der Waals surface area contributed by atoms with E-state index >= 15 is 0 Å². The Kier molecular flexibility index (Phi) is 3.35. The first-order valence-electron chi connectivity index (χ1n) is 5.97.